The summed E-state index contributed by atoms with van der Waals surface area (Å²) in [5.74, 6) is 0.628. The maximum absolute atomic E-state index is 12.7. The van der Waals surface area contributed by atoms with E-state index >= 15 is 0 Å². The molecule has 0 unspecified atom stereocenters. The highest BCUT2D eigenvalue weighted by atomic mass is 32.2. The predicted octanol–water partition coefficient (Wildman–Crippen LogP) is 1.58. The summed E-state index contributed by atoms with van der Waals surface area (Å²) in [4.78, 5) is 17.4. The van der Waals surface area contributed by atoms with Gasteiger partial charge in [-0.25, -0.2) is 28.1 Å². The number of aromatic nitrogens is 7. The van der Waals surface area contributed by atoms with Gasteiger partial charge in [0.05, 0.1) is 27.9 Å². The number of hydrogen-bond donors (Lipinski definition) is 0. The Morgan fingerprint density at radius 2 is 2.00 bits per heavy atom. The van der Waals surface area contributed by atoms with Crippen molar-refractivity contribution < 1.29 is 8.42 Å². The summed E-state index contributed by atoms with van der Waals surface area (Å²) < 4.78 is 28.5. The third-order valence-corrected chi connectivity index (χ3v) is 6.26. The van der Waals surface area contributed by atoms with Crippen LogP contribution in [0.15, 0.2) is 35.6 Å². The average Bonchev–Trinajstić information content (AvgIpc) is 3.32. The molecule has 0 aliphatic carbocycles. The van der Waals surface area contributed by atoms with Crippen LogP contribution in [0.2, 0.25) is 0 Å². The highest BCUT2D eigenvalue weighted by molar-refractivity contribution is 7.91. The number of rotatable bonds is 4. The SMILES string of the molecule is CCS(=O)(=O)c1ccc(-n2cnc(C#N)n2)nc1-c1nc2cc(C)ncc2n1C. The first-order valence-electron chi connectivity index (χ1n) is 8.69. The van der Waals surface area contributed by atoms with E-state index in [1.807, 2.05) is 19.1 Å². The Labute approximate surface area is 166 Å². The van der Waals surface area contributed by atoms with E-state index in [9.17, 15) is 8.42 Å². The van der Waals surface area contributed by atoms with Gasteiger partial charge in [-0.15, -0.1) is 5.10 Å². The van der Waals surface area contributed by atoms with Crippen molar-refractivity contribution in [3.8, 4) is 23.4 Å². The molecule has 0 aromatic carbocycles. The van der Waals surface area contributed by atoms with E-state index < -0.39 is 9.84 Å². The molecule has 146 valence electrons. The van der Waals surface area contributed by atoms with Crippen LogP contribution in [0.5, 0.6) is 0 Å². The molecule has 0 aliphatic rings. The number of sulfone groups is 1. The van der Waals surface area contributed by atoms with E-state index in [1.54, 1.807) is 24.7 Å². The summed E-state index contributed by atoms with van der Waals surface area (Å²) in [5.41, 5.74) is 2.45. The van der Waals surface area contributed by atoms with Gasteiger partial charge in [-0.1, -0.05) is 6.92 Å². The fraction of sp³-hybridized carbons (Fsp3) is 0.222. The smallest absolute Gasteiger partial charge is 0.252 e. The second-order valence-corrected chi connectivity index (χ2v) is 8.60. The summed E-state index contributed by atoms with van der Waals surface area (Å²) in [6, 6.07) is 6.68. The molecule has 29 heavy (non-hydrogen) atoms. The minimum atomic E-state index is -3.57. The van der Waals surface area contributed by atoms with Gasteiger partial charge in [-0.2, -0.15) is 5.26 Å². The number of fused-ring (bicyclic) bond motifs is 1. The Hall–Kier alpha value is -3.65. The number of nitriles is 1. The van der Waals surface area contributed by atoms with Gasteiger partial charge in [0.15, 0.2) is 21.5 Å². The number of pyridine rings is 2. The van der Waals surface area contributed by atoms with Crippen molar-refractivity contribution in [1.82, 2.24) is 34.3 Å². The van der Waals surface area contributed by atoms with Crippen molar-refractivity contribution in [3.63, 3.8) is 0 Å². The molecular weight excluding hydrogens is 392 g/mol. The van der Waals surface area contributed by atoms with E-state index in [2.05, 4.69) is 25.0 Å². The van der Waals surface area contributed by atoms with Gasteiger partial charge in [-0.3, -0.25) is 4.98 Å². The zero-order chi connectivity index (χ0) is 20.8. The van der Waals surface area contributed by atoms with Gasteiger partial charge >= 0.3 is 0 Å². The summed E-state index contributed by atoms with van der Waals surface area (Å²) >= 11 is 0. The third kappa shape index (κ3) is 3.13. The Morgan fingerprint density at radius 3 is 2.69 bits per heavy atom. The predicted molar refractivity (Wildman–Crippen MR) is 104 cm³/mol. The largest absolute Gasteiger partial charge is 0.324 e. The topological polar surface area (TPSA) is 132 Å². The Balaban J connectivity index is 2.00. The lowest BCUT2D eigenvalue weighted by molar-refractivity contribution is 0.597. The zero-order valence-corrected chi connectivity index (χ0v) is 16.7. The van der Waals surface area contributed by atoms with Gasteiger partial charge in [0.1, 0.15) is 18.1 Å². The van der Waals surface area contributed by atoms with Crippen LogP contribution in [0, 0.1) is 18.3 Å². The molecule has 10 nitrogen and oxygen atoms in total. The number of nitrogens with zero attached hydrogens (tertiary/aromatic N) is 8. The molecule has 0 amide bonds. The molecule has 0 saturated heterocycles. The van der Waals surface area contributed by atoms with E-state index in [4.69, 9.17) is 5.26 Å². The minimum absolute atomic E-state index is 0.0112. The lowest BCUT2D eigenvalue weighted by atomic mass is 10.3. The van der Waals surface area contributed by atoms with Gasteiger partial charge in [-0.05, 0) is 25.1 Å². The number of aryl methyl sites for hydroxylation is 2. The van der Waals surface area contributed by atoms with Crippen LogP contribution in [0.1, 0.15) is 18.4 Å². The van der Waals surface area contributed by atoms with E-state index in [1.165, 1.54) is 23.1 Å². The second kappa shape index (κ2) is 6.75. The molecule has 0 bridgehead atoms. The first kappa shape index (κ1) is 18.7. The summed E-state index contributed by atoms with van der Waals surface area (Å²) in [7, 11) is -1.79. The summed E-state index contributed by atoms with van der Waals surface area (Å²) in [5, 5.41) is 13.0. The third-order valence-electron chi connectivity index (χ3n) is 4.50. The number of imidazole rings is 1. The standard InChI is InChI=1S/C18H16N8O2S/c1-4-29(27,28)14-5-6-16(26-10-21-15(8-19)24-26)23-17(14)18-22-12-7-11(2)20-9-13(12)25(18)3/h5-7,9-10H,4H2,1-3H3. The normalized spacial score (nSPS) is 11.7. The van der Waals surface area contributed by atoms with Crippen LogP contribution in [0.25, 0.3) is 28.4 Å². The van der Waals surface area contributed by atoms with Crippen molar-refractivity contribution in [3.05, 3.63) is 42.2 Å². The minimum Gasteiger partial charge on any atom is -0.324 e. The van der Waals surface area contributed by atoms with Crippen molar-refractivity contribution in [2.75, 3.05) is 5.75 Å². The fourth-order valence-corrected chi connectivity index (χ4v) is 3.97. The van der Waals surface area contributed by atoms with Crippen molar-refractivity contribution >= 4 is 20.9 Å². The van der Waals surface area contributed by atoms with Crippen molar-refractivity contribution in [2.45, 2.75) is 18.7 Å². The van der Waals surface area contributed by atoms with Crippen LogP contribution >= 0.6 is 0 Å². The molecule has 0 radical (unpaired) electrons. The molecule has 11 heteroatoms. The molecule has 4 heterocycles. The summed E-state index contributed by atoms with van der Waals surface area (Å²) in [6.07, 6.45) is 3.04. The fourth-order valence-electron chi connectivity index (χ4n) is 2.96. The van der Waals surface area contributed by atoms with Crippen molar-refractivity contribution in [2.24, 2.45) is 7.05 Å². The Kier molecular flexibility index (Phi) is 4.35. The molecule has 0 N–H and O–H groups in total. The molecule has 0 saturated carbocycles. The quantitative estimate of drug-likeness (QED) is 0.497. The molecule has 0 spiro atoms. The lowest BCUT2D eigenvalue weighted by Gasteiger charge is -2.10. The first-order chi connectivity index (χ1) is 13.8. The van der Waals surface area contributed by atoms with Crippen LogP contribution in [-0.4, -0.2) is 48.5 Å². The van der Waals surface area contributed by atoms with Crippen molar-refractivity contribution in [1.29, 1.82) is 5.26 Å². The average molecular weight is 408 g/mol. The highest BCUT2D eigenvalue weighted by Crippen LogP contribution is 2.29. The van der Waals surface area contributed by atoms with Gasteiger partial charge in [0.25, 0.3) is 5.82 Å². The number of hydrogen-bond acceptors (Lipinski definition) is 8. The molecule has 0 aliphatic heterocycles. The Morgan fingerprint density at radius 1 is 1.21 bits per heavy atom. The van der Waals surface area contributed by atoms with Gasteiger partial charge < -0.3 is 4.57 Å². The second-order valence-electron chi connectivity index (χ2n) is 6.35. The van der Waals surface area contributed by atoms with Gasteiger partial charge in [0, 0.05) is 12.7 Å². The van der Waals surface area contributed by atoms with Crippen LogP contribution in [0.4, 0.5) is 0 Å². The lowest BCUT2D eigenvalue weighted by Crippen LogP contribution is -2.11. The maximum atomic E-state index is 12.7. The highest BCUT2D eigenvalue weighted by Gasteiger charge is 2.24. The monoisotopic (exact) mass is 408 g/mol. The zero-order valence-electron chi connectivity index (χ0n) is 15.9. The molecular formula is C18H16N8O2S. The molecule has 0 fully saturated rings. The van der Waals surface area contributed by atoms with E-state index in [0.29, 0.717) is 17.2 Å². The summed E-state index contributed by atoms with van der Waals surface area (Å²) in [6.45, 7) is 3.43. The van der Waals surface area contributed by atoms with Gasteiger partial charge in [0.2, 0.25) is 0 Å². The van der Waals surface area contributed by atoms with Crippen LogP contribution < -0.4 is 0 Å². The molecule has 0 atom stereocenters. The van der Waals surface area contributed by atoms with E-state index in [0.717, 1.165) is 11.2 Å². The van der Waals surface area contributed by atoms with Crippen LogP contribution in [-0.2, 0) is 16.9 Å². The van der Waals surface area contributed by atoms with Crippen LogP contribution in [0.3, 0.4) is 0 Å². The molecule has 4 aromatic rings. The molecule has 4 aromatic heterocycles. The molecule has 4 rings (SSSR count). The van der Waals surface area contributed by atoms with E-state index in [-0.39, 0.29) is 22.2 Å². The Bertz CT molecular complexity index is 1400. The first-order valence-corrected chi connectivity index (χ1v) is 10.3. The maximum Gasteiger partial charge on any atom is 0.252 e.